The van der Waals surface area contributed by atoms with E-state index in [0.29, 0.717) is 30.3 Å². The van der Waals surface area contributed by atoms with E-state index >= 15 is 0 Å². The summed E-state index contributed by atoms with van der Waals surface area (Å²) in [6, 6.07) is 19.1. The molecule has 0 spiro atoms. The maximum Gasteiger partial charge on any atom is 0.254 e. The molecule has 0 saturated heterocycles. The first-order valence-corrected chi connectivity index (χ1v) is 11.3. The van der Waals surface area contributed by atoms with Crippen molar-refractivity contribution in [2.75, 3.05) is 13.2 Å². The van der Waals surface area contributed by atoms with E-state index in [2.05, 4.69) is 21.9 Å². The summed E-state index contributed by atoms with van der Waals surface area (Å²) in [6.45, 7) is 4.85. The lowest BCUT2D eigenvalue weighted by Crippen LogP contribution is -2.29. The molecule has 0 heterocycles. The van der Waals surface area contributed by atoms with E-state index in [-0.39, 0.29) is 18.5 Å². The normalized spacial score (nSPS) is 10.7. The van der Waals surface area contributed by atoms with Crippen molar-refractivity contribution in [2.45, 2.75) is 26.9 Å². The van der Waals surface area contributed by atoms with E-state index in [1.807, 2.05) is 32.0 Å². The SMILES string of the molecule is CCOc1cc(C=NNC(=O)CCNC(=O)c2ccccc2F)ccc1OCc1cccc(C)c1. The van der Waals surface area contributed by atoms with Crippen LogP contribution in [-0.2, 0) is 11.4 Å². The summed E-state index contributed by atoms with van der Waals surface area (Å²) in [5.41, 5.74) is 5.28. The zero-order valence-corrected chi connectivity index (χ0v) is 19.7. The first kappa shape index (κ1) is 25.4. The summed E-state index contributed by atoms with van der Waals surface area (Å²) in [5.74, 6) is -0.394. The third-order valence-electron chi connectivity index (χ3n) is 4.90. The molecular weight excluding hydrogens is 449 g/mol. The number of benzene rings is 3. The number of halogens is 1. The summed E-state index contributed by atoms with van der Waals surface area (Å²) in [4.78, 5) is 24.0. The summed E-state index contributed by atoms with van der Waals surface area (Å²) < 4.78 is 25.2. The largest absolute Gasteiger partial charge is 0.490 e. The number of ether oxygens (including phenoxy) is 2. The summed E-state index contributed by atoms with van der Waals surface area (Å²) in [5, 5.41) is 6.46. The Balaban J connectivity index is 1.49. The molecule has 0 aliphatic heterocycles. The van der Waals surface area contributed by atoms with E-state index in [1.165, 1.54) is 24.4 Å². The van der Waals surface area contributed by atoms with E-state index in [1.54, 1.807) is 24.3 Å². The number of carbonyl (C=O) groups excluding carboxylic acids is 2. The zero-order chi connectivity index (χ0) is 25.0. The number of nitrogens with one attached hydrogen (secondary N) is 2. The number of hydrogen-bond acceptors (Lipinski definition) is 5. The van der Waals surface area contributed by atoms with Gasteiger partial charge in [0.15, 0.2) is 11.5 Å². The molecule has 0 radical (unpaired) electrons. The van der Waals surface area contributed by atoms with Crippen LogP contribution in [0.2, 0.25) is 0 Å². The molecule has 0 fully saturated rings. The molecule has 7 nitrogen and oxygen atoms in total. The van der Waals surface area contributed by atoms with Crippen LogP contribution in [0, 0.1) is 12.7 Å². The third kappa shape index (κ3) is 7.96. The third-order valence-corrected chi connectivity index (χ3v) is 4.90. The van der Waals surface area contributed by atoms with Gasteiger partial charge in [-0.1, -0.05) is 42.0 Å². The second-order valence-corrected chi connectivity index (χ2v) is 7.70. The van der Waals surface area contributed by atoms with Crippen molar-refractivity contribution in [3.63, 3.8) is 0 Å². The number of hydrazone groups is 1. The molecule has 2 N–H and O–H groups in total. The first-order valence-electron chi connectivity index (χ1n) is 11.3. The van der Waals surface area contributed by atoms with Gasteiger partial charge in [0.05, 0.1) is 18.4 Å². The standard InChI is InChI=1S/C27H28FN3O4/c1-3-34-25-16-20(11-12-24(25)35-18-21-8-6-7-19(2)15-21)17-30-31-26(32)13-14-29-27(33)22-9-4-5-10-23(22)28/h4-12,15-17H,3,13-14,18H2,1-2H3,(H,29,33)(H,31,32). The van der Waals surface area contributed by atoms with E-state index in [4.69, 9.17) is 9.47 Å². The van der Waals surface area contributed by atoms with Gasteiger partial charge in [0.1, 0.15) is 12.4 Å². The van der Waals surface area contributed by atoms with Gasteiger partial charge < -0.3 is 14.8 Å². The van der Waals surface area contributed by atoms with Gasteiger partial charge in [0.25, 0.3) is 5.91 Å². The van der Waals surface area contributed by atoms with E-state index in [9.17, 15) is 14.0 Å². The van der Waals surface area contributed by atoms with Crippen molar-refractivity contribution in [3.05, 3.63) is 94.8 Å². The van der Waals surface area contributed by atoms with Gasteiger partial charge in [-0.05, 0) is 55.3 Å². The Morgan fingerprint density at radius 3 is 2.60 bits per heavy atom. The lowest BCUT2D eigenvalue weighted by Gasteiger charge is -2.13. The molecule has 0 aliphatic rings. The lowest BCUT2D eigenvalue weighted by atomic mass is 10.1. The van der Waals surface area contributed by atoms with Crippen molar-refractivity contribution < 1.29 is 23.5 Å². The maximum absolute atomic E-state index is 13.6. The molecule has 3 aromatic carbocycles. The Hall–Kier alpha value is -4.20. The fraction of sp³-hybridized carbons (Fsp3) is 0.222. The number of nitrogens with zero attached hydrogens (tertiary/aromatic N) is 1. The van der Waals surface area contributed by atoms with Gasteiger partial charge >= 0.3 is 0 Å². The fourth-order valence-electron chi connectivity index (χ4n) is 3.22. The molecule has 3 aromatic rings. The molecule has 0 aromatic heterocycles. The van der Waals surface area contributed by atoms with Crippen LogP contribution in [0.25, 0.3) is 0 Å². The van der Waals surface area contributed by atoms with Crippen molar-refractivity contribution in [1.82, 2.24) is 10.7 Å². The number of aryl methyl sites for hydroxylation is 1. The molecule has 0 aliphatic carbocycles. The topological polar surface area (TPSA) is 89.0 Å². The molecule has 35 heavy (non-hydrogen) atoms. The van der Waals surface area contributed by atoms with Crippen LogP contribution in [-0.4, -0.2) is 31.2 Å². The van der Waals surface area contributed by atoms with Crippen LogP contribution in [0.15, 0.2) is 71.8 Å². The minimum Gasteiger partial charge on any atom is -0.490 e. The number of rotatable bonds is 11. The van der Waals surface area contributed by atoms with Crippen LogP contribution in [0.5, 0.6) is 11.5 Å². The van der Waals surface area contributed by atoms with Gasteiger partial charge in [-0.2, -0.15) is 5.10 Å². The Labute approximate surface area is 204 Å². The summed E-state index contributed by atoms with van der Waals surface area (Å²) in [6.07, 6.45) is 1.48. The predicted molar refractivity (Wildman–Crippen MR) is 132 cm³/mol. The minimum absolute atomic E-state index is 0.00648. The molecule has 182 valence electrons. The Morgan fingerprint density at radius 1 is 1.00 bits per heavy atom. The number of carbonyl (C=O) groups is 2. The van der Waals surface area contributed by atoms with Crippen molar-refractivity contribution >= 4 is 18.0 Å². The molecule has 0 unspecified atom stereocenters. The van der Waals surface area contributed by atoms with Crippen LogP contribution in [0.4, 0.5) is 4.39 Å². The highest BCUT2D eigenvalue weighted by Crippen LogP contribution is 2.29. The zero-order valence-electron chi connectivity index (χ0n) is 19.7. The van der Waals surface area contributed by atoms with Gasteiger partial charge in [0.2, 0.25) is 5.91 Å². The second-order valence-electron chi connectivity index (χ2n) is 7.70. The molecule has 0 saturated carbocycles. The second kappa shape index (κ2) is 12.9. The predicted octanol–water partition coefficient (Wildman–Crippen LogP) is 4.38. The quantitative estimate of drug-likeness (QED) is 0.317. The number of hydrogen-bond donors (Lipinski definition) is 2. The van der Waals surface area contributed by atoms with Crippen LogP contribution >= 0.6 is 0 Å². The lowest BCUT2D eigenvalue weighted by molar-refractivity contribution is -0.120. The van der Waals surface area contributed by atoms with Crippen LogP contribution in [0.1, 0.15) is 40.4 Å². The summed E-state index contributed by atoms with van der Waals surface area (Å²) in [7, 11) is 0. The fourth-order valence-corrected chi connectivity index (χ4v) is 3.22. The molecule has 8 heteroatoms. The van der Waals surface area contributed by atoms with Crippen LogP contribution < -0.4 is 20.2 Å². The van der Waals surface area contributed by atoms with Crippen molar-refractivity contribution in [1.29, 1.82) is 0 Å². The maximum atomic E-state index is 13.6. The van der Waals surface area contributed by atoms with Gasteiger partial charge in [-0.3, -0.25) is 9.59 Å². The highest BCUT2D eigenvalue weighted by atomic mass is 19.1. The molecule has 0 bridgehead atoms. The van der Waals surface area contributed by atoms with Gasteiger partial charge in [-0.15, -0.1) is 0 Å². The van der Waals surface area contributed by atoms with Gasteiger partial charge in [0, 0.05) is 13.0 Å². The summed E-state index contributed by atoms with van der Waals surface area (Å²) >= 11 is 0. The average molecular weight is 478 g/mol. The smallest absolute Gasteiger partial charge is 0.254 e. The highest BCUT2D eigenvalue weighted by Gasteiger charge is 2.11. The van der Waals surface area contributed by atoms with Crippen molar-refractivity contribution in [2.24, 2.45) is 5.10 Å². The average Bonchev–Trinajstić information content (AvgIpc) is 2.84. The van der Waals surface area contributed by atoms with Crippen molar-refractivity contribution in [3.8, 4) is 11.5 Å². The number of amides is 2. The molecule has 2 amide bonds. The monoisotopic (exact) mass is 477 g/mol. The molecular formula is C27H28FN3O4. The molecule has 3 rings (SSSR count). The Kier molecular flexibility index (Phi) is 9.36. The van der Waals surface area contributed by atoms with Gasteiger partial charge in [-0.25, -0.2) is 9.82 Å². The minimum atomic E-state index is -0.614. The first-order chi connectivity index (χ1) is 17.0. The highest BCUT2D eigenvalue weighted by molar-refractivity contribution is 5.94. The molecule has 0 atom stereocenters. The Bertz CT molecular complexity index is 1200. The van der Waals surface area contributed by atoms with E-state index < -0.39 is 17.6 Å². The Morgan fingerprint density at radius 2 is 1.83 bits per heavy atom. The van der Waals surface area contributed by atoms with E-state index in [0.717, 1.165) is 11.1 Å². The van der Waals surface area contributed by atoms with Crippen LogP contribution in [0.3, 0.4) is 0 Å².